The highest BCUT2D eigenvalue weighted by molar-refractivity contribution is 7.14. The van der Waals surface area contributed by atoms with E-state index in [4.69, 9.17) is 0 Å². The molecule has 0 unspecified atom stereocenters. The van der Waals surface area contributed by atoms with Crippen LogP contribution in [0.1, 0.15) is 5.82 Å². The van der Waals surface area contributed by atoms with Crippen LogP contribution in [0, 0.1) is 12.7 Å². The zero-order valence-electron chi connectivity index (χ0n) is 14.7. The third-order valence-electron chi connectivity index (χ3n) is 4.09. The van der Waals surface area contributed by atoms with Crippen LogP contribution >= 0.6 is 11.3 Å². The molecule has 0 aliphatic rings. The summed E-state index contributed by atoms with van der Waals surface area (Å²) in [6, 6.07) is 9.29. The Kier molecular flexibility index (Phi) is 4.66. The largest absolute Gasteiger partial charge is 0.300 e. The monoisotopic (exact) mass is 395 g/mol. The van der Waals surface area contributed by atoms with Crippen molar-refractivity contribution in [2.45, 2.75) is 13.5 Å². The Hall–Kier alpha value is -3.46. The molecule has 28 heavy (non-hydrogen) atoms. The molecule has 1 amide bonds. The summed E-state index contributed by atoms with van der Waals surface area (Å²) in [4.78, 5) is 37.9. The van der Waals surface area contributed by atoms with Crippen molar-refractivity contribution in [3.63, 3.8) is 0 Å². The van der Waals surface area contributed by atoms with Crippen molar-refractivity contribution in [3.05, 3.63) is 70.0 Å². The van der Waals surface area contributed by atoms with E-state index in [2.05, 4.69) is 20.3 Å². The molecule has 0 radical (unpaired) electrons. The number of benzene rings is 1. The maximum atomic E-state index is 13.5. The molecule has 0 saturated heterocycles. The van der Waals surface area contributed by atoms with Crippen molar-refractivity contribution in [3.8, 4) is 11.4 Å². The number of carbonyl (C=O) groups excluding carboxylic acids is 1. The lowest BCUT2D eigenvalue weighted by Gasteiger charge is -2.10. The summed E-state index contributed by atoms with van der Waals surface area (Å²) < 4.78 is 14.7. The number of nitrogens with one attached hydrogen (secondary N) is 1. The molecular formula is C19H14FN5O2S. The van der Waals surface area contributed by atoms with E-state index in [1.165, 1.54) is 28.0 Å². The number of aryl methyl sites for hydroxylation is 1. The number of amides is 1. The number of rotatable bonds is 4. The quantitative estimate of drug-likeness (QED) is 0.574. The molecule has 1 N–H and O–H groups in total. The number of nitrogens with zero attached hydrogens (tertiary/aromatic N) is 4. The van der Waals surface area contributed by atoms with Gasteiger partial charge in [-0.3, -0.25) is 19.1 Å². The molecule has 0 saturated carbocycles. The van der Waals surface area contributed by atoms with E-state index in [9.17, 15) is 14.0 Å². The molecule has 3 aromatic heterocycles. The second-order valence-corrected chi connectivity index (χ2v) is 6.87. The Morgan fingerprint density at radius 1 is 1.21 bits per heavy atom. The zero-order chi connectivity index (χ0) is 19.7. The number of fused-ring (bicyclic) bond motifs is 1. The van der Waals surface area contributed by atoms with Crippen molar-refractivity contribution >= 4 is 33.3 Å². The van der Waals surface area contributed by atoms with E-state index in [1.807, 2.05) is 18.2 Å². The molecular weight excluding hydrogens is 381 g/mol. The Balaban J connectivity index is 1.56. The number of pyridine rings is 1. The van der Waals surface area contributed by atoms with E-state index in [0.29, 0.717) is 27.9 Å². The second-order valence-electron chi connectivity index (χ2n) is 6.01. The molecule has 7 nitrogen and oxygen atoms in total. The van der Waals surface area contributed by atoms with E-state index in [0.717, 1.165) is 6.07 Å². The highest BCUT2D eigenvalue weighted by Gasteiger charge is 2.14. The number of aromatic nitrogens is 4. The summed E-state index contributed by atoms with van der Waals surface area (Å²) in [6.07, 6.45) is 1.66. The van der Waals surface area contributed by atoms with Gasteiger partial charge in [-0.2, -0.15) is 0 Å². The van der Waals surface area contributed by atoms with E-state index < -0.39 is 17.3 Å². The van der Waals surface area contributed by atoms with Crippen molar-refractivity contribution < 1.29 is 9.18 Å². The fourth-order valence-electron chi connectivity index (χ4n) is 2.76. The van der Waals surface area contributed by atoms with Crippen LogP contribution in [0.5, 0.6) is 0 Å². The molecule has 0 fully saturated rings. The number of hydrogen-bond donors (Lipinski definition) is 1. The van der Waals surface area contributed by atoms with Gasteiger partial charge in [0.15, 0.2) is 5.13 Å². The van der Waals surface area contributed by atoms with E-state index in [1.54, 1.807) is 18.5 Å². The first-order valence-corrected chi connectivity index (χ1v) is 9.23. The van der Waals surface area contributed by atoms with Crippen LogP contribution in [0.25, 0.3) is 22.3 Å². The first kappa shape index (κ1) is 17.9. The van der Waals surface area contributed by atoms with Gasteiger partial charge in [0.2, 0.25) is 5.91 Å². The Morgan fingerprint density at radius 2 is 2.07 bits per heavy atom. The average Bonchev–Trinajstić information content (AvgIpc) is 3.15. The smallest absolute Gasteiger partial charge is 0.261 e. The topological polar surface area (TPSA) is 89.8 Å². The summed E-state index contributed by atoms with van der Waals surface area (Å²) in [6.45, 7) is 1.38. The lowest BCUT2D eigenvalue weighted by molar-refractivity contribution is -0.116. The predicted molar refractivity (Wildman–Crippen MR) is 105 cm³/mol. The first-order chi connectivity index (χ1) is 13.5. The molecule has 0 aliphatic carbocycles. The summed E-state index contributed by atoms with van der Waals surface area (Å²) in [5.41, 5.74) is 1.27. The van der Waals surface area contributed by atoms with Crippen LogP contribution in [0.3, 0.4) is 0 Å². The summed E-state index contributed by atoms with van der Waals surface area (Å²) >= 11 is 1.26. The highest BCUT2D eigenvalue weighted by atomic mass is 32.1. The van der Waals surface area contributed by atoms with Gasteiger partial charge in [-0.25, -0.2) is 14.4 Å². The highest BCUT2D eigenvalue weighted by Crippen LogP contribution is 2.23. The summed E-state index contributed by atoms with van der Waals surface area (Å²) in [7, 11) is 0. The number of anilines is 1. The van der Waals surface area contributed by atoms with Crippen LogP contribution < -0.4 is 10.9 Å². The normalized spacial score (nSPS) is 10.9. The fraction of sp³-hybridized carbons (Fsp3) is 0.105. The summed E-state index contributed by atoms with van der Waals surface area (Å²) in [5, 5.41) is 4.99. The first-order valence-electron chi connectivity index (χ1n) is 8.35. The van der Waals surface area contributed by atoms with E-state index in [-0.39, 0.29) is 11.9 Å². The van der Waals surface area contributed by atoms with Crippen molar-refractivity contribution in [2.75, 3.05) is 5.32 Å². The van der Waals surface area contributed by atoms with Gasteiger partial charge >= 0.3 is 0 Å². The van der Waals surface area contributed by atoms with Crippen LogP contribution in [-0.2, 0) is 11.3 Å². The molecule has 1 aromatic carbocycles. The number of halogens is 1. The number of hydrogen-bond acceptors (Lipinski definition) is 6. The maximum absolute atomic E-state index is 13.5. The van der Waals surface area contributed by atoms with Crippen LogP contribution in [0.2, 0.25) is 0 Å². The Labute approximate surface area is 162 Å². The van der Waals surface area contributed by atoms with Crippen LogP contribution in [0.15, 0.2) is 52.8 Å². The van der Waals surface area contributed by atoms with Crippen molar-refractivity contribution in [1.29, 1.82) is 0 Å². The third-order valence-corrected chi connectivity index (χ3v) is 4.84. The van der Waals surface area contributed by atoms with Gasteiger partial charge in [-0.1, -0.05) is 6.07 Å². The second kappa shape index (κ2) is 7.28. The lowest BCUT2D eigenvalue weighted by atomic mass is 10.2. The predicted octanol–water partition coefficient (Wildman–Crippen LogP) is 3.00. The molecule has 4 rings (SSSR count). The van der Waals surface area contributed by atoms with Gasteiger partial charge in [0.25, 0.3) is 5.56 Å². The Bertz CT molecular complexity index is 1240. The van der Waals surface area contributed by atoms with Crippen LogP contribution in [-0.4, -0.2) is 25.4 Å². The van der Waals surface area contributed by atoms with Gasteiger partial charge < -0.3 is 5.32 Å². The van der Waals surface area contributed by atoms with Gasteiger partial charge in [-0.15, -0.1) is 11.3 Å². The van der Waals surface area contributed by atoms with Gasteiger partial charge in [-0.05, 0) is 37.3 Å². The molecule has 0 bridgehead atoms. The minimum Gasteiger partial charge on any atom is -0.300 e. The molecule has 0 atom stereocenters. The molecule has 140 valence electrons. The molecule has 3 heterocycles. The molecule has 9 heteroatoms. The maximum Gasteiger partial charge on any atom is 0.261 e. The van der Waals surface area contributed by atoms with E-state index >= 15 is 0 Å². The van der Waals surface area contributed by atoms with Gasteiger partial charge in [0.1, 0.15) is 23.9 Å². The van der Waals surface area contributed by atoms with Crippen LogP contribution in [0.4, 0.5) is 9.52 Å². The molecule has 0 aliphatic heterocycles. The minimum atomic E-state index is -0.531. The average molecular weight is 395 g/mol. The molecule has 0 spiro atoms. The standard InChI is InChI=1S/C19H14FN5O2S/c1-11-22-14-6-5-12(20)8-13(14)18(27)25(11)9-17(26)24-19-23-16(10-28-19)15-4-2-3-7-21-15/h2-8,10H,9H2,1H3,(H,23,24,26). The van der Waals surface area contributed by atoms with Gasteiger partial charge in [0, 0.05) is 11.6 Å². The minimum absolute atomic E-state index is 0.130. The number of carbonyl (C=O) groups is 1. The van der Waals surface area contributed by atoms with Gasteiger partial charge in [0.05, 0.1) is 16.6 Å². The Morgan fingerprint density at radius 3 is 2.86 bits per heavy atom. The SMILES string of the molecule is Cc1nc2ccc(F)cc2c(=O)n1CC(=O)Nc1nc(-c2ccccn2)cs1. The zero-order valence-corrected chi connectivity index (χ0v) is 15.5. The molecule has 4 aromatic rings. The van der Waals surface area contributed by atoms with Crippen molar-refractivity contribution in [2.24, 2.45) is 0 Å². The lowest BCUT2D eigenvalue weighted by Crippen LogP contribution is -2.30. The van der Waals surface area contributed by atoms with Crippen molar-refractivity contribution in [1.82, 2.24) is 19.5 Å². The third kappa shape index (κ3) is 3.52. The number of thiazole rings is 1. The fourth-order valence-corrected chi connectivity index (χ4v) is 3.48. The summed E-state index contributed by atoms with van der Waals surface area (Å²) in [5.74, 6) is -0.590.